The highest BCUT2D eigenvalue weighted by Crippen LogP contribution is 2.31. The van der Waals surface area contributed by atoms with E-state index in [2.05, 4.69) is 14.8 Å². The maximum atomic E-state index is 11.6. The summed E-state index contributed by atoms with van der Waals surface area (Å²) < 4.78 is 4.72. The summed E-state index contributed by atoms with van der Waals surface area (Å²) in [5.41, 5.74) is 0. The van der Waals surface area contributed by atoms with Gasteiger partial charge in [-0.2, -0.15) is 0 Å². The topological polar surface area (TPSA) is 45.7 Å². The van der Waals surface area contributed by atoms with E-state index >= 15 is 0 Å². The van der Waals surface area contributed by atoms with Crippen molar-refractivity contribution in [2.45, 2.75) is 31.7 Å². The summed E-state index contributed by atoms with van der Waals surface area (Å²) in [6, 6.07) is 0.776. The Morgan fingerprint density at radius 2 is 1.95 bits per heavy atom. The van der Waals surface area contributed by atoms with Gasteiger partial charge in [0.2, 0.25) is 0 Å². The SMILES string of the molecule is COC(=O)c1sc(N2CCN(C3CCCC3)CC2)nc1Cl. The molecule has 3 rings (SSSR count). The number of thiazole rings is 1. The molecule has 2 fully saturated rings. The van der Waals surface area contributed by atoms with Crippen LogP contribution in [0.25, 0.3) is 0 Å². The predicted molar refractivity (Wildman–Crippen MR) is 84.5 cm³/mol. The number of nitrogens with zero attached hydrogens (tertiary/aromatic N) is 3. The lowest BCUT2D eigenvalue weighted by atomic mass is 10.2. The van der Waals surface area contributed by atoms with E-state index in [9.17, 15) is 4.79 Å². The molecular formula is C14H20ClN3O2S. The van der Waals surface area contributed by atoms with Crippen LogP contribution < -0.4 is 4.90 Å². The maximum Gasteiger partial charge on any atom is 0.351 e. The number of halogens is 1. The van der Waals surface area contributed by atoms with Crippen molar-refractivity contribution in [3.63, 3.8) is 0 Å². The number of carbonyl (C=O) groups excluding carboxylic acids is 1. The molecule has 1 saturated heterocycles. The Morgan fingerprint density at radius 1 is 1.29 bits per heavy atom. The van der Waals surface area contributed by atoms with Gasteiger partial charge in [-0.1, -0.05) is 35.8 Å². The highest BCUT2D eigenvalue weighted by molar-refractivity contribution is 7.18. The zero-order chi connectivity index (χ0) is 14.8. The van der Waals surface area contributed by atoms with E-state index in [4.69, 9.17) is 16.3 Å². The molecule has 1 aromatic rings. The molecule has 1 aliphatic carbocycles. The van der Waals surface area contributed by atoms with E-state index in [-0.39, 0.29) is 5.15 Å². The van der Waals surface area contributed by atoms with Gasteiger partial charge in [0.25, 0.3) is 0 Å². The molecule has 7 heteroatoms. The summed E-state index contributed by atoms with van der Waals surface area (Å²) in [6.07, 6.45) is 5.43. The first kappa shape index (κ1) is 15.1. The summed E-state index contributed by atoms with van der Waals surface area (Å²) in [5, 5.41) is 1.08. The largest absolute Gasteiger partial charge is 0.465 e. The molecule has 116 valence electrons. The third-order valence-electron chi connectivity index (χ3n) is 4.37. The zero-order valence-electron chi connectivity index (χ0n) is 12.2. The molecule has 1 saturated carbocycles. The molecular weight excluding hydrogens is 310 g/mol. The second-order valence-corrected chi connectivity index (χ2v) is 6.90. The Kier molecular flexibility index (Phi) is 4.66. The summed E-state index contributed by atoms with van der Waals surface area (Å²) in [7, 11) is 1.36. The fourth-order valence-corrected chi connectivity index (χ4v) is 4.44. The molecule has 0 N–H and O–H groups in total. The van der Waals surface area contributed by atoms with Gasteiger partial charge in [-0.15, -0.1) is 0 Å². The molecule has 0 unspecified atom stereocenters. The van der Waals surface area contributed by atoms with Crippen molar-refractivity contribution in [1.82, 2.24) is 9.88 Å². The molecule has 0 spiro atoms. The minimum Gasteiger partial charge on any atom is -0.465 e. The fourth-order valence-electron chi connectivity index (χ4n) is 3.19. The standard InChI is InChI=1S/C14H20ClN3O2S/c1-20-13(19)11-12(15)16-14(21-11)18-8-6-17(7-9-18)10-4-2-3-5-10/h10H,2-9H2,1H3. The Labute approximate surface area is 133 Å². The number of rotatable bonds is 3. The van der Waals surface area contributed by atoms with Crippen molar-refractivity contribution >= 4 is 34.0 Å². The van der Waals surface area contributed by atoms with E-state index in [1.807, 2.05) is 0 Å². The van der Waals surface area contributed by atoms with Gasteiger partial charge in [-0.3, -0.25) is 4.90 Å². The van der Waals surface area contributed by atoms with Gasteiger partial charge in [0.15, 0.2) is 15.2 Å². The van der Waals surface area contributed by atoms with Crippen LogP contribution in [-0.2, 0) is 4.74 Å². The summed E-state index contributed by atoms with van der Waals surface area (Å²) in [5.74, 6) is -0.409. The molecule has 2 aliphatic rings. The third kappa shape index (κ3) is 3.17. The minimum absolute atomic E-state index is 0.250. The molecule has 2 heterocycles. The van der Waals surface area contributed by atoms with E-state index in [0.717, 1.165) is 37.4 Å². The molecule has 0 aromatic carbocycles. The zero-order valence-corrected chi connectivity index (χ0v) is 13.8. The third-order valence-corrected chi connectivity index (χ3v) is 5.85. The number of hydrogen-bond donors (Lipinski definition) is 0. The molecule has 1 aromatic heterocycles. The van der Waals surface area contributed by atoms with Crippen LogP contribution in [0.2, 0.25) is 5.15 Å². The summed E-state index contributed by atoms with van der Waals surface area (Å²) >= 11 is 7.35. The lowest BCUT2D eigenvalue weighted by Gasteiger charge is -2.37. The van der Waals surface area contributed by atoms with Crippen LogP contribution in [0.15, 0.2) is 0 Å². The number of esters is 1. The number of ether oxygens (including phenoxy) is 1. The molecule has 0 radical (unpaired) electrons. The number of hydrogen-bond acceptors (Lipinski definition) is 6. The fraction of sp³-hybridized carbons (Fsp3) is 0.714. The first-order valence-corrected chi connectivity index (χ1v) is 8.62. The van der Waals surface area contributed by atoms with Gasteiger partial charge in [0, 0.05) is 32.2 Å². The van der Waals surface area contributed by atoms with Crippen molar-refractivity contribution < 1.29 is 9.53 Å². The first-order chi connectivity index (χ1) is 10.2. The van der Waals surface area contributed by atoms with Crippen LogP contribution >= 0.6 is 22.9 Å². The number of anilines is 1. The Hall–Kier alpha value is -0.850. The van der Waals surface area contributed by atoms with Crippen molar-refractivity contribution in [1.29, 1.82) is 0 Å². The van der Waals surface area contributed by atoms with E-state index in [0.29, 0.717) is 4.88 Å². The monoisotopic (exact) mass is 329 g/mol. The molecule has 21 heavy (non-hydrogen) atoms. The Balaban J connectivity index is 1.62. The van der Waals surface area contributed by atoms with Gasteiger partial charge in [-0.25, -0.2) is 9.78 Å². The van der Waals surface area contributed by atoms with Crippen LogP contribution in [0.4, 0.5) is 5.13 Å². The minimum atomic E-state index is -0.409. The van der Waals surface area contributed by atoms with Gasteiger partial charge in [-0.05, 0) is 12.8 Å². The maximum absolute atomic E-state index is 11.6. The Morgan fingerprint density at radius 3 is 2.57 bits per heavy atom. The van der Waals surface area contributed by atoms with Crippen molar-refractivity contribution in [3.8, 4) is 0 Å². The molecule has 0 bridgehead atoms. The average molecular weight is 330 g/mol. The van der Waals surface area contributed by atoms with Crippen LogP contribution in [-0.4, -0.2) is 55.2 Å². The first-order valence-electron chi connectivity index (χ1n) is 7.42. The van der Waals surface area contributed by atoms with Gasteiger partial charge in [0.05, 0.1) is 7.11 Å². The number of aromatic nitrogens is 1. The van der Waals surface area contributed by atoms with Crippen LogP contribution in [0.3, 0.4) is 0 Å². The molecule has 0 amide bonds. The number of piperazine rings is 1. The smallest absolute Gasteiger partial charge is 0.351 e. The quantitative estimate of drug-likeness (QED) is 0.798. The highest BCUT2D eigenvalue weighted by Gasteiger charge is 2.28. The molecule has 5 nitrogen and oxygen atoms in total. The van der Waals surface area contributed by atoms with Crippen molar-refractivity contribution in [2.24, 2.45) is 0 Å². The lowest BCUT2D eigenvalue weighted by molar-refractivity contribution is 0.0606. The van der Waals surface area contributed by atoms with Crippen LogP contribution in [0, 0.1) is 0 Å². The highest BCUT2D eigenvalue weighted by atomic mass is 35.5. The van der Waals surface area contributed by atoms with Crippen LogP contribution in [0.5, 0.6) is 0 Å². The van der Waals surface area contributed by atoms with Crippen molar-refractivity contribution in [3.05, 3.63) is 10.0 Å². The van der Waals surface area contributed by atoms with E-state index in [1.165, 1.54) is 44.1 Å². The normalized spacial score (nSPS) is 21.0. The molecule has 1 aliphatic heterocycles. The van der Waals surface area contributed by atoms with Gasteiger partial charge < -0.3 is 9.64 Å². The predicted octanol–water partition coefficient (Wildman–Crippen LogP) is 2.65. The van der Waals surface area contributed by atoms with E-state index < -0.39 is 5.97 Å². The van der Waals surface area contributed by atoms with Crippen molar-refractivity contribution in [2.75, 3.05) is 38.2 Å². The number of carbonyl (C=O) groups is 1. The van der Waals surface area contributed by atoms with Crippen LogP contribution in [0.1, 0.15) is 35.4 Å². The summed E-state index contributed by atoms with van der Waals surface area (Å²) in [6.45, 7) is 4.02. The Bertz CT molecular complexity index is 508. The molecule has 0 atom stereocenters. The number of methoxy groups -OCH3 is 1. The van der Waals surface area contributed by atoms with E-state index in [1.54, 1.807) is 0 Å². The van der Waals surface area contributed by atoms with Gasteiger partial charge >= 0.3 is 5.97 Å². The average Bonchev–Trinajstić information content (AvgIpc) is 3.16. The second kappa shape index (κ2) is 6.50. The lowest BCUT2D eigenvalue weighted by Crippen LogP contribution is -2.49. The van der Waals surface area contributed by atoms with Gasteiger partial charge in [0.1, 0.15) is 0 Å². The summed E-state index contributed by atoms with van der Waals surface area (Å²) in [4.78, 5) is 21.1. The second-order valence-electron chi connectivity index (χ2n) is 5.57.